The molecule has 1 N–H and O–H groups in total. The molecule has 2 saturated carbocycles. The molecule has 0 atom stereocenters. The minimum Gasteiger partial charge on any atom is -0.383 e. The largest absolute Gasteiger partial charge is 0.383 e. The molecule has 19 heavy (non-hydrogen) atoms. The van der Waals surface area contributed by atoms with Gasteiger partial charge in [0, 0.05) is 32.8 Å². The van der Waals surface area contributed by atoms with Gasteiger partial charge in [-0.1, -0.05) is 25.7 Å². The fourth-order valence-corrected chi connectivity index (χ4v) is 3.42. The van der Waals surface area contributed by atoms with Gasteiger partial charge in [-0.2, -0.15) is 0 Å². The van der Waals surface area contributed by atoms with Crippen LogP contribution < -0.4 is 5.32 Å². The van der Waals surface area contributed by atoms with Crippen molar-refractivity contribution in [2.75, 3.05) is 40.4 Å². The van der Waals surface area contributed by atoms with E-state index >= 15 is 0 Å². The van der Waals surface area contributed by atoms with Gasteiger partial charge >= 0.3 is 0 Å². The highest BCUT2D eigenvalue weighted by molar-refractivity contribution is 4.90. The Morgan fingerprint density at radius 1 is 1.16 bits per heavy atom. The molecule has 0 radical (unpaired) electrons. The molecule has 0 spiro atoms. The molecule has 0 aliphatic heterocycles. The Morgan fingerprint density at radius 2 is 1.84 bits per heavy atom. The van der Waals surface area contributed by atoms with Gasteiger partial charge in [-0.05, 0) is 38.1 Å². The zero-order chi connectivity index (χ0) is 13.6. The maximum absolute atomic E-state index is 5.21. The lowest BCUT2D eigenvalue weighted by Gasteiger charge is -2.37. The predicted octanol–water partition coefficient (Wildman–Crippen LogP) is 2.66. The third kappa shape index (κ3) is 5.41. The Morgan fingerprint density at radius 3 is 2.42 bits per heavy atom. The van der Waals surface area contributed by atoms with E-state index in [1.165, 1.54) is 64.5 Å². The van der Waals surface area contributed by atoms with E-state index in [-0.39, 0.29) is 0 Å². The summed E-state index contributed by atoms with van der Waals surface area (Å²) in [7, 11) is 4.05. The number of nitrogens with one attached hydrogen (secondary N) is 1. The number of ether oxygens (including phenoxy) is 1. The molecule has 3 heteroatoms. The third-order valence-corrected chi connectivity index (χ3v) is 4.79. The fraction of sp³-hybridized carbons (Fsp3) is 1.00. The van der Waals surface area contributed by atoms with Crippen LogP contribution in [0.4, 0.5) is 0 Å². The van der Waals surface area contributed by atoms with Crippen LogP contribution in [0.5, 0.6) is 0 Å². The van der Waals surface area contributed by atoms with Gasteiger partial charge in [0.15, 0.2) is 0 Å². The molecule has 0 amide bonds. The molecule has 0 aromatic rings. The molecule has 0 bridgehead atoms. The summed E-state index contributed by atoms with van der Waals surface area (Å²) in [5, 5.41) is 3.80. The van der Waals surface area contributed by atoms with Crippen molar-refractivity contribution in [2.45, 2.75) is 57.4 Å². The molecule has 2 aliphatic carbocycles. The molecule has 0 saturated heterocycles. The highest BCUT2D eigenvalue weighted by Gasteiger charge is 2.34. The molecule has 0 aromatic heterocycles. The van der Waals surface area contributed by atoms with Crippen molar-refractivity contribution in [1.82, 2.24) is 10.2 Å². The van der Waals surface area contributed by atoms with Gasteiger partial charge < -0.3 is 15.0 Å². The van der Waals surface area contributed by atoms with E-state index in [0.29, 0.717) is 5.41 Å². The van der Waals surface area contributed by atoms with E-state index in [1.54, 1.807) is 7.11 Å². The molecular weight excluding hydrogens is 236 g/mol. The number of rotatable bonds is 8. The lowest BCUT2D eigenvalue weighted by atomic mass is 9.79. The second-order valence-electron chi connectivity index (χ2n) is 6.80. The van der Waals surface area contributed by atoms with Crippen LogP contribution in [0.25, 0.3) is 0 Å². The van der Waals surface area contributed by atoms with Crippen LogP contribution >= 0.6 is 0 Å². The highest BCUT2D eigenvalue weighted by Crippen LogP contribution is 2.36. The van der Waals surface area contributed by atoms with Crippen molar-refractivity contribution >= 4 is 0 Å². The van der Waals surface area contributed by atoms with E-state index in [4.69, 9.17) is 4.74 Å². The molecule has 0 heterocycles. The number of hydrogen-bond acceptors (Lipinski definition) is 3. The first-order valence-electron chi connectivity index (χ1n) is 8.15. The summed E-state index contributed by atoms with van der Waals surface area (Å²) >= 11 is 0. The standard InChI is InChI=1S/C16H32N2O/c1-18(11-12-19-2)14-16(13-17-15-7-8-15)9-5-3-4-6-10-16/h15,17H,3-14H2,1-2H3. The van der Waals surface area contributed by atoms with Gasteiger partial charge in [0.1, 0.15) is 0 Å². The van der Waals surface area contributed by atoms with Gasteiger partial charge in [-0.3, -0.25) is 0 Å². The minimum atomic E-state index is 0.515. The Kier molecular flexibility index (Phi) is 6.11. The molecule has 2 rings (SSSR count). The zero-order valence-corrected chi connectivity index (χ0v) is 12.9. The molecule has 0 aromatic carbocycles. The van der Waals surface area contributed by atoms with E-state index in [9.17, 15) is 0 Å². The van der Waals surface area contributed by atoms with Gasteiger partial charge in [-0.25, -0.2) is 0 Å². The van der Waals surface area contributed by atoms with Crippen molar-refractivity contribution in [2.24, 2.45) is 5.41 Å². The van der Waals surface area contributed by atoms with E-state index in [0.717, 1.165) is 19.2 Å². The van der Waals surface area contributed by atoms with Crippen LogP contribution in [0.2, 0.25) is 0 Å². The van der Waals surface area contributed by atoms with Gasteiger partial charge in [-0.15, -0.1) is 0 Å². The van der Waals surface area contributed by atoms with Crippen molar-refractivity contribution < 1.29 is 4.74 Å². The molecule has 112 valence electrons. The van der Waals surface area contributed by atoms with Gasteiger partial charge in [0.2, 0.25) is 0 Å². The third-order valence-electron chi connectivity index (χ3n) is 4.79. The first-order chi connectivity index (χ1) is 9.24. The van der Waals surface area contributed by atoms with Crippen LogP contribution in [0.3, 0.4) is 0 Å². The Labute approximate surface area is 119 Å². The minimum absolute atomic E-state index is 0.515. The maximum atomic E-state index is 5.21. The summed E-state index contributed by atoms with van der Waals surface area (Å²) in [6.45, 7) is 4.37. The van der Waals surface area contributed by atoms with Gasteiger partial charge in [0.05, 0.1) is 6.61 Å². The summed E-state index contributed by atoms with van der Waals surface area (Å²) < 4.78 is 5.21. The number of hydrogen-bond donors (Lipinski definition) is 1. The quantitative estimate of drug-likeness (QED) is 0.685. The first-order valence-corrected chi connectivity index (χ1v) is 8.15. The van der Waals surface area contributed by atoms with Crippen molar-refractivity contribution in [3.05, 3.63) is 0 Å². The highest BCUT2D eigenvalue weighted by atomic mass is 16.5. The predicted molar refractivity (Wildman–Crippen MR) is 80.5 cm³/mol. The topological polar surface area (TPSA) is 24.5 Å². The van der Waals surface area contributed by atoms with Crippen LogP contribution in [0.1, 0.15) is 51.4 Å². The molecule has 2 aliphatic rings. The zero-order valence-electron chi connectivity index (χ0n) is 12.9. The monoisotopic (exact) mass is 268 g/mol. The smallest absolute Gasteiger partial charge is 0.0589 e. The SMILES string of the molecule is COCCN(C)CC1(CNC2CC2)CCCCCC1. The Hall–Kier alpha value is -0.120. The normalized spacial score (nSPS) is 23.5. The molecule has 3 nitrogen and oxygen atoms in total. The van der Waals surface area contributed by atoms with Crippen LogP contribution in [-0.4, -0.2) is 51.3 Å². The lowest BCUT2D eigenvalue weighted by Crippen LogP contribution is -2.44. The molecule has 0 unspecified atom stereocenters. The number of nitrogens with zero attached hydrogens (tertiary/aromatic N) is 1. The summed E-state index contributed by atoms with van der Waals surface area (Å²) in [4.78, 5) is 2.48. The van der Waals surface area contributed by atoms with Gasteiger partial charge in [0.25, 0.3) is 0 Å². The summed E-state index contributed by atoms with van der Waals surface area (Å²) in [5.74, 6) is 0. The Bertz CT molecular complexity index is 245. The van der Waals surface area contributed by atoms with Crippen LogP contribution in [0.15, 0.2) is 0 Å². The van der Waals surface area contributed by atoms with E-state index in [2.05, 4.69) is 17.3 Å². The average Bonchev–Trinajstić information content (AvgIpc) is 3.22. The lowest BCUT2D eigenvalue weighted by molar-refractivity contribution is 0.110. The van der Waals surface area contributed by atoms with Crippen LogP contribution in [0, 0.1) is 5.41 Å². The second-order valence-corrected chi connectivity index (χ2v) is 6.80. The summed E-state index contributed by atoms with van der Waals surface area (Å²) in [6, 6.07) is 0.837. The number of methoxy groups -OCH3 is 1. The van der Waals surface area contributed by atoms with E-state index in [1.807, 2.05) is 0 Å². The Balaban J connectivity index is 1.86. The first kappa shape index (κ1) is 15.3. The van der Waals surface area contributed by atoms with Crippen molar-refractivity contribution in [3.8, 4) is 0 Å². The summed E-state index contributed by atoms with van der Waals surface area (Å²) in [5.41, 5.74) is 0.515. The average molecular weight is 268 g/mol. The summed E-state index contributed by atoms with van der Waals surface area (Å²) in [6.07, 6.45) is 11.3. The second kappa shape index (κ2) is 7.61. The van der Waals surface area contributed by atoms with Crippen LogP contribution in [-0.2, 0) is 4.74 Å². The number of likely N-dealkylation sites (N-methyl/N-ethyl adjacent to an activating group) is 1. The van der Waals surface area contributed by atoms with Crippen molar-refractivity contribution in [3.63, 3.8) is 0 Å². The van der Waals surface area contributed by atoms with Crippen molar-refractivity contribution in [1.29, 1.82) is 0 Å². The van der Waals surface area contributed by atoms with E-state index < -0.39 is 0 Å². The maximum Gasteiger partial charge on any atom is 0.0589 e. The molecule has 2 fully saturated rings. The fourth-order valence-electron chi connectivity index (χ4n) is 3.42. The molecular formula is C16H32N2O.